The molecule has 0 N–H and O–H groups in total. The molecule has 1 aromatic rings. The lowest BCUT2D eigenvalue weighted by molar-refractivity contribution is 0.154. The first kappa shape index (κ1) is 12.9. The number of benzene rings is 1. The van der Waals surface area contributed by atoms with Crippen molar-refractivity contribution >= 4 is 0 Å². The molecule has 19 heavy (non-hydrogen) atoms. The smallest absolute Gasteiger partial charge is 0.0165 e. The van der Waals surface area contributed by atoms with Crippen LogP contribution in [0.3, 0.4) is 0 Å². The van der Waals surface area contributed by atoms with Crippen molar-refractivity contribution in [3.8, 4) is 0 Å². The van der Waals surface area contributed by atoms with Crippen molar-refractivity contribution in [2.45, 2.75) is 39.0 Å². The van der Waals surface area contributed by atoms with Crippen LogP contribution in [-0.2, 0) is 6.42 Å². The maximum absolute atomic E-state index is 2.64. The minimum absolute atomic E-state index is 0.827. The zero-order valence-corrected chi connectivity index (χ0v) is 12.2. The predicted octanol–water partition coefficient (Wildman–Crippen LogP) is 4.00. The van der Waals surface area contributed by atoms with Crippen LogP contribution in [0.4, 0.5) is 0 Å². The second kappa shape index (κ2) is 5.50. The van der Waals surface area contributed by atoms with Gasteiger partial charge in [0.15, 0.2) is 0 Å². The fourth-order valence-electron chi connectivity index (χ4n) is 3.75. The third kappa shape index (κ3) is 2.76. The van der Waals surface area contributed by atoms with E-state index < -0.39 is 0 Å². The number of fused-ring (bicyclic) bond motifs is 3. The van der Waals surface area contributed by atoms with Crippen LogP contribution in [-0.4, -0.2) is 24.5 Å². The minimum atomic E-state index is 0.827. The molecule has 1 fully saturated rings. The monoisotopic (exact) mass is 255 g/mol. The molecular weight excluding hydrogens is 230 g/mol. The van der Waals surface area contributed by atoms with E-state index in [1.165, 1.54) is 37.9 Å². The van der Waals surface area contributed by atoms with Gasteiger partial charge in [0, 0.05) is 13.1 Å². The molecule has 0 radical (unpaired) electrons. The first-order chi connectivity index (χ1) is 9.24. The Hall–Kier alpha value is -1.08. The molecule has 1 nitrogen and oxygen atoms in total. The van der Waals surface area contributed by atoms with Gasteiger partial charge in [0.2, 0.25) is 0 Å². The Kier molecular flexibility index (Phi) is 3.74. The molecule has 1 heterocycles. The van der Waals surface area contributed by atoms with Crippen molar-refractivity contribution in [1.82, 2.24) is 4.90 Å². The Morgan fingerprint density at radius 1 is 1.26 bits per heavy atom. The summed E-state index contributed by atoms with van der Waals surface area (Å²) in [6.45, 7) is 8.10. The molecule has 1 aliphatic heterocycles. The van der Waals surface area contributed by atoms with Crippen molar-refractivity contribution in [2.75, 3.05) is 19.6 Å². The van der Waals surface area contributed by atoms with Gasteiger partial charge in [-0.25, -0.2) is 0 Å². The first-order valence-corrected chi connectivity index (χ1v) is 7.67. The molecule has 0 bridgehead atoms. The number of hydrogen-bond acceptors (Lipinski definition) is 1. The average Bonchev–Trinajstić information content (AvgIpc) is 2.44. The summed E-state index contributed by atoms with van der Waals surface area (Å²) >= 11 is 0. The molecule has 0 spiro atoms. The summed E-state index contributed by atoms with van der Waals surface area (Å²) in [5, 5.41) is 0. The van der Waals surface area contributed by atoms with Crippen LogP contribution in [0.5, 0.6) is 0 Å². The molecule has 0 saturated carbocycles. The van der Waals surface area contributed by atoms with Crippen LogP contribution >= 0.6 is 0 Å². The summed E-state index contributed by atoms with van der Waals surface area (Å²) in [5.41, 5.74) is 4.71. The lowest BCUT2D eigenvalue weighted by atomic mass is 9.71. The van der Waals surface area contributed by atoms with Gasteiger partial charge in [0.25, 0.3) is 0 Å². The summed E-state index contributed by atoms with van der Waals surface area (Å²) < 4.78 is 0. The van der Waals surface area contributed by atoms with Gasteiger partial charge in [-0.15, -0.1) is 0 Å². The Morgan fingerprint density at radius 2 is 2.11 bits per heavy atom. The number of piperidine rings is 1. The maximum Gasteiger partial charge on any atom is 0.0165 e. The summed E-state index contributed by atoms with van der Waals surface area (Å²) in [6, 6.07) is 9.12. The Bertz CT molecular complexity index is 470. The molecule has 1 aromatic carbocycles. The van der Waals surface area contributed by atoms with Crippen molar-refractivity contribution in [1.29, 1.82) is 0 Å². The molecule has 0 aromatic heterocycles. The zero-order chi connectivity index (χ0) is 13.2. The van der Waals surface area contributed by atoms with E-state index in [-0.39, 0.29) is 0 Å². The van der Waals surface area contributed by atoms with Gasteiger partial charge in [0.05, 0.1) is 0 Å². The van der Waals surface area contributed by atoms with Crippen LogP contribution in [0.1, 0.15) is 43.7 Å². The van der Waals surface area contributed by atoms with Crippen molar-refractivity contribution in [2.24, 2.45) is 5.92 Å². The van der Waals surface area contributed by atoms with Gasteiger partial charge in [-0.05, 0) is 62.6 Å². The molecule has 0 unspecified atom stereocenters. The SMILES string of the molecule is CC(C)=CCN1CC[C@H]2c3ccccc3CC[C@H]2C1. The highest BCUT2D eigenvalue weighted by Gasteiger charge is 2.33. The molecule has 1 heteroatoms. The average molecular weight is 255 g/mol. The first-order valence-electron chi connectivity index (χ1n) is 7.67. The van der Waals surface area contributed by atoms with Gasteiger partial charge >= 0.3 is 0 Å². The molecule has 1 aliphatic carbocycles. The van der Waals surface area contributed by atoms with Gasteiger partial charge in [0.1, 0.15) is 0 Å². The molecule has 2 atom stereocenters. The van der Waals surface area contributed by atoms with Crippen LogP contribution in [0.25, 0.3) is 0 Å². The molecule has 2 aliphatic rings. The Morgan fingerprint density at radius 3 is 2.95 bits per heavy atom. The van der Waals surface area contributed by atoms with Crippen LogP contribution in [0.2, 0.25) is 0 Å². The normalized spacial score (nSPS) is 26.4. The topological polar surface area (TPSA) is 3.24 Å². The Balaban J connectivity index is 1.71. The quantitative estimate of drug-likeness (QED) is 0.722. The zero-order valence-electron chi connectivity index (χ0n) is 12.2. The lowest BCUT2D eigenvalue weighted by Gasteiger charge is -2.42. The van der Waals surface area contributed by atoms with Crippen LogP contribution < -0.4 is 0 Å². The fourth-order valence-corrected chi connectivity index (χ4v) is 3.75. The van der Waals surface area contributed by atoms with Crippen LogP contribution in [0, 0.1) is 5.92 Å². The van der Waals surface area contributed by atoms with E-state index in [1.54, 1.807) is 11.1 Å². The Labute approximate surface area is 117 Å². The maximum atomic E-state index is 2.64. The number of aryl methyl sites for hydroxylation is 1. The van der Waals surface area contributed by atoms with E-state index in [9.17, 15) is 0 Å². The van der Waals surface area contributed by atoms with Crippen molar-refractivity contribution < 1.29 is 0 Å². The van der Waals surface area contributed by atoms with Gasteiger partial charge in [-0.3, -0.25) is 4.90 Å². The number of rotatable bonds is 2. The third-order valence-corrected chi connectivity index (χ3v) is 4.81. The third-order valence-electron chi connectivity index (χ3n) is 4.81. The summed E-state index contributed by atoms with van der Waals surface area (Å²) in [4.78, 5) is 2.64. The number of likely N-dealkylation sites (tertiary alicyclic amines) is 1. The van der Waals surface area contributed by atoms with E-state index in [2.05, 4.69) is 49.1 Å². The van der Waals surface area contributed by atoms with Gasteiger partial charge in [-0.1, -0.05) is 35.9 Å². The summed E-state index contributed by atoms with van der Waals surface area (Å²) in [5.74, 6) is 1.71. The van der Waals surface area contributed by atoms with E-state index >= 15 is 0 Å². The van der Waals surface area contributed by atoms with Crippen molar-refractivity contribution in [3.63, 3.8) is 0 Å². The fraction of sp³-hybridized carbons (Fsp3) is 0.556. The van der Waals surface area contributed by atoms with Gasteiger partial charge in [-0.2, -0.15) is 0 Å². The molecule has 102 valence electrons. The number of allylic oxidation sites excluding steroid dienone is 1. The highest BCUT2D eigenvalue weighted by molar-refractivity contribution is 5.34. The number of nitrogens with zero attached hydrogens (tertiary/aromatic N) is 1. The number of hydrogen-bond donors (Lipinski definition) is 0. The second-order valence-electron chi connectivity index (χ2n) is 6.43. The predicted molar refractivity (Wildman–Crippen MR) is 81.5 cm³/mol. The highest BCUT2D eigenvalue weighted by atomic mass is 15.1. The molecular formula is C18H25N. The standard InChI is InChI=1S/C18H25N/c1-14(2)9-11-19-12-10-18-16(13-19)8-7-15-5-3-4-6-17(15)18/h3-6,9,16,18H,7-8,10-13H2,1-2H3/t16-,18+/m0/s1. The molecule has 1 saturated heterocycles. The largest absolute Gasteiger partial charge is 0.299 e. The van der Waals surface area contributed by atoms with E-state index in [1.807, 2.05) is 0 Å². The molecule has 3 rings (SSSR count). The van der Waals surface area contributed by atoms with E-state index in [4.69, 9.17) is 0 Å². The van der Waals surface area contributed by atoms with E-state index in [0.717, 1.165) is 18.4 Å². The van der Waals surface area contributed by atoms with Crippen LogP contribution in [0.15, 0.2) is 35.9 Å². The lowest BCUT2D eigenvalue weighted by Crippen LogP contribution is -2.41. The second-order valence-corrected chi connectivity index (χ2v) is 6.43. The minimum Gasteiger partial charge on any atom is -0.299 e. The van der Waals surface area contributed by atoms with E-state index in [0.29, 0.717) is 0 Å². The summed E-state index contributed by atoms with van der Waals surface area (Å²) in [7, 11) is 0. The van der Waals surface area contributed by atoms with Gasteiger partial charge < -0.3 is 0 Å². The summed E-state index contributed by atoms with van der Waals surface area (Å²) in [6.07, 6.45) is 6.39. The molecule has 0 amide bonds. The highest BCUT2D eigenvalue weighted by Crippen LogP contribution is 2.41. The van der Waals surface area contributed by atoms with Crippen molar-refractivity contribution in [3.05, 3.63) is 47.0 Å².